The van der Waals surface area contributed by atoms with Crippen LogP contribution in [-0.2, 0) is 32.1 Å². The maximum Gasteiger partial charge on any atom is 0.247 e. The van der Waals surface area contributed by atoms with Crippen LogP contribution < -0.4 is 16.4 Å². The molecule has 1 heterocycles. The third kappa shape index (κ3) is 9.39. The lowest BCUT2D eigenvalue weighted by Crippen LogP contribution is -2.56. The number of fused-ring (bicyclic) bond motifs is 1. The van der Waals surface area contributed by atoms with Gasteiger partial charge in [-0.25, -0.2) is 4.39 Å². The number of nitrogens with zero attached hydrogens (tertiary/aromatic N) is 2. The SMILES string of the molecule is CN(CCC(C)(C)C)C(=O)CCC(=O)N1Cc2ccccc2C[C@H]1C(=O)N[C@@H](CCN)C(=O)Nc1ccc(Cl)c(Cl)c1F. The number of hydrogen-bond acceptors (Lipinski definition) is 5. The van der Waals surface area contributed by atoms with Gasteiger partial charge in [0.25, 0.3) is 0 Å². The van der Waals surface area contributed by atoms with Gasteiger partial charge < -0.3 is 26.2 Å². The molecular formula is C31H40Cl2FN5O4. The van der Waals surface area contributed by atoms with Gasteiger partial charge in [0.1, 0.15) is 12.1 Å². The number of amides is 4. The van der Waals surface area contributed by atoms with E-state index in [1.807, 2.05) is 24.3 Å². The second-order valence-corrected chi connectivity index (χ2v) is 12.8. The Hall–Kier alpha value is -3.21. The molecule has 0 aliphatic carbocycles. The average Bonchev–Trinajstić information content (AvgIpc) is 2.97. The van der Waals surface area contributed by atoms with Crippen molar-refractivity contribution in [1.29, 1.82) is 0 Å². The quantitative estimate of drug-likeness (QED) is 0.313. The van der Waals surface area contributed by atoms with Crippen molar-refractivity contribution >= 4 is 52.5 Å². The van der Waals surface area contributed by atoms with Crippen molar-refractivity contribution in [3.8, 4) is 0 Å². The summed E-state index contributed by atoms with van der Waals surface area (Å²) in [7, 11) is 1.72. The Balaban J connectivity index is 1.74. The van der Waals surface area contributed by atoms with Crippen LogP contribution in [0.15, 0.2) is 36.4 Å². The highest BCUT2D eigenvalue weighted by atomic mass is 35.5. The number of halogens is 3. The van der Waals surface area contributed by atoms with Crippen LogP contribution in [0.2, 0.25) is 10.0 Å². The molecule has 0 bridgehead atoms. The predicted octanol–water partition coefficient (Wildman–Crippen LogP) is 4.53. The molecule has 0 radical (unpaired) electrons. The number of rotatable bonds is 11. The van der Waals surface area contributed by atoms with Crippen LogP contribution in [0.25, 0.3) is 0 Å². The van der Waals surface area contributed by atoms with Crippen molar-refractivity contribution in [2.45, 2.75) is 71.5 Å². The molecule has 2 aromatic carbocycles. The summed E-state index contributed by atoms with van der Waals surface area (Å²) < 4.78 is 14.6. The van der Waals surface area contributed by atoms with Gasteiger partial charge >= 0.3 is 0 Å². The number of carbonyl (C=O) groups is 4. The van der Waals surface area contributed by atoms with Crippen molar-refractivity contribution in [3.05, 3.63) is 63.4 Å². The predicted molar refractivity (Wildman–Crippen MR) is 166 cm³/mol. The second-order valence-electron chi connectivity index (χ2n) is 12.0. The van der Waals surface area contributed by atoms with E-state index in [1.165, 1.54) is 17.0 Å². The number of nitrogens with one attached hydrogen (secondary N) is 2. The van der Waals surface area contributed by atoms with Crippen molar-refractivity contribution in [3.63, 3.8) is 0 Å². The summed E-state index contributed by atoms with van der Waals surface area (Å²) in [5, 5.41) is 4.79. The summed E-state index contributed by atoms with van der Waals surface area (Å²) in [4.78, 5) is 56.0. The van der Waals surface area contributed by atoms with E-state index in [0.717, 1.165) is 17.5 Å². The molecule has 0 fully saturated rings. The monoisotopic (exact) mass is 635 g/mol. The Bertz CT molecular complexity index is 1350. The normalized spacial score (nSPS) is 15.3. The third-order valence-corrected chi connectivity index (χ3v) is 8.21. The van der Waals surface area contributed by atoms with Gasteiger partial charge in [0.05, 0.1) is 15.7 Å². The Morgan fingerprint density at radius 3 is 2.42 bits per heavy atom. The smallest absolute Gasteiger partial charge is 0.247 e. The first-order valence-corrected chi connectivity index (χ1v) is 15.0. The molecular weight excluding hydrogens is 596 g/mol. The lowest BCUT2D eigenvalue weighted by Gasteiger charge is -2.37. The number of benzene rings is 2. The molecule has 0 saturated heterocycles. The van der Waals surface area contributed by atoms with Gasteiger partial charge in [0.15, 0.2) is 5.82 Å². The largest absolute Gasteiger partial charge is 0.346 e. The first-order chi connectivity index (χ1) is 20.2. The zero-order valence-corrected chi connectivity index (χ0v) is 26.5. The van der Waals surface area contributed by atoms with Crippen LogP contribution in [0, 0.1) is 11.2 Å². The zero-order chi connectivity index (χ0) is 31.9. The van der Waals surface area contributed by atoms with E-state index in [2.05, 4.69) is 31.4 Å². The molecule has 0 spiro atoms. The maximum absolute atomic E-state index is 14.6. The van der Waals surface area contributed by atoms with Crippen molar-refractivity contribution < 1.29 is 23.6 Å². The van der Waals surface area contributed by atoms with E-state index in [-0.39, 0.29) is 71.7 Å². The Morgan fingerprint density at radius 2 is 1.77 bits per heavy atom. The van der Waals surface area contributed by atoms with Crippen LogP contribution in [0.5, 0.6) is 0 Å². The van der Waals surface area contributed by atoms with Crippen LogP contribution in [0.4, 0.5) is 10.1 Å². The summed E-state index contributed by atoms with van der Waals surface area (Å²) >= 11 is 11.7. The van der Waals surface area contributed by atoms with Crippen molar-refractivity contribution in [1.82, 2.24) is 15.1 Å². The number of carbonyl (C=O) groups excluding carboxylic acids is 4. The molecule has 0 aromatic heterocycles. The average molecular weight is 637 g/mol. The molecule has 3 rings (SSSR count). The minimum atomic E-state index is -1.11. The van der Waals surface area contributed by atoms with Gasteiger partial charge in [0, 0.05) is 39.4 Å². The summed E-state index contributed by atoms with van der Waals surface area (Å²) in [6.45, 7) is 7.12. The Morgan fingerprint density at radius 1 is 1.09 bits per heavy atom. The number of nitrogens with two attached hydrogens (primary N) is 1. The highest BCUT2D eigenvalue weighted by molar-refractivity contribution is 6.42. The molecule has 0 saturated carbocycles. The molecule has 2 aromatic rings. The molecule has 4 N–H and O–H groups in total. The van der Waals surface area contributed by atoms with E-state index < -0.39 is 29.7 Å². The second kappa shape index (κ2) is 15.0. The van der Waals surface area contributed by atoms with Crippen molar-refractivity contribution in [2.75, 3.05) is 25.5 Å². The van der Waals surface area contributed by atoms with Crippen molar-refractivity contribution in [2.24, 2.45) is 11.1 Å². The first-order valence-electron chi connectivity index (χ1n) is 14.3. The van der Waals surface area contributed by atoms with Crippen LogP contribution in [-0.4, -0.2) is 65.6 Å². The zero-order valence-electron chi connectivity index (χ0n) is 25.0. The van der Waals surface area contributed by atoms with E-state index in [9.17, 15) is 23.6 Å². The van der Waals surface area contributed by atoms with Gasteiger partial charge in [-0.05, 0) is 48.1 Å². The lowest BCUT2D eigenvalue weighted by molar-refractivity contribution is -0.144. The third-order valence-electron chi connectivity index (χ3n) is 7.43. The summed E-state index contributed by atoms with van der Waals surface area (Å²) in [5.74, 6) is -2.65. The summed E-state index contributed by atoms with van der Waals surface area (Å²) in [6.07, 6.45) is 1.07. The van der Waals surface area contributed by atoms with Gasteiger partial charge in [-0.2, -0.15) is 0 Å². The minimum absolute atomic E-state index is 0.00966. The van der Waals surface area contributed by atoms with Gasteiger partial charge in [-0.15, -0.1) is 0 Å². The van der Waals surface area contributed by atoms with Crippen LogP contribution in [0.3, 0.4) is 0 Å². The van der Waals surface area contributed by atoms with E-state index >= 15 is 0 Å². The van der Waals surface area contributed by atoms with Crippen LogP contribution in [0.1, 0.15) is 57.6 Å². The highest BCUT2D eigenvalue weighted by Gasteiger charge is 2.36. The van der Waals surface area contributed by atoms with Gasteiger partial charge in [0.2, 0.25) is 23.6 Å². The molecule has 12 heteroatoms. The topological polar surface area (TPSA) is 125 Å². The highest BCUT2D eigenvalue weighted by Crippen LogP contribution is 2.30. The molecule has 4 amide bonds. The Labute approximate surface area is 262 Å². The fraction of sp³-hybridized carbons (Fsp3) is 0.484. The fourth-order valence-corrected chi connectivity index (χ4v) is 5.05. The molecule has 9 nitrogen and oxygen atoms in total. The summed E-state index contributed by atoms with van der Waals surface area (Å²) in [5.41, 5.74) is 7.40. The van der Waals surface area contributed by atoms with Gasteiger partial charge in [-0.1, -0.05) is 68.2 Å². The fourth-order valence-electron chi connectivity index (χ4n) is 4.74. The maximum atomic E-state index is 14.6. The van der Waals surface area contributed by atoms with E-state index in [1.54, 1.807) is 11.9 Å². The summed E-state index contributed by atoms with van der Waals surface area (Å²) in [6, 6.07) is 8.07. The van der Waals surface area contributed by atoms with E-state index in [4.69, 9.17) is 28.9 Å². The number of anilines is 1. The Kier molecular flexibility index (Phi) is 12.0. The minimum Gasteiger partial charge on any atom is -0.346 e. The molecule has 1 aliphatic heterocycles. The molecule has 0 unspecified atom stereocenters. The first kappa shape index (κ1) is 34.3. The van der Waals surface area contributed by atoms with Gasteiger partial charge in [-0.3, -0.25) is 19.2 Å². The van der Waals surface area contributed by atoms with Crippen LogP contribution >= 0.6 is 23.2 Å². The molecule has 1 aliphatic rings. The number of hydrogen-bond donors (Lipinski definition) is 3. The lowest BCUT2D eigenvalue weighted by atomic mass is 9.92. The molecule has 43 heavy (non-hydrogen) atoms. The standard InChI is InChI=1S/C31H40Cl2FN5O4/c1-31(2,3)14-16-38(4)25(40)11-12-26(41)39-18-20-8-6-5-7-19(20)17-24(39)30(43)37-23(13-15-35)29(42)36-22-10-9-21(32)27(33)28(22)34/h5-10,23-24H,11-18,35H2,1-4H3,(H,36,42)(H,37,43)/t23-,24-/m0/s1. The molecule has 2 atom stereocenters. The molecule has 234 valence electrons. The van der Waals surface area contributed by atoms with E-state index in [0.29, 0.717) is 6.54 Å².